The number of nitrogens with one attached hydrogen (secondary N) is 1. The van der Waals surface area contributed by atoms with E-state index >= 15 is 0 Å². The summed E-state index contributed by atoms with van der Waals surface area (Å²) in [6, 6.07) is 0. The molecule has 74 valence electrons. The molecule has 0 saturated carbocycles. The van der Waals surface area contributed by atoms with Gasteiger partial charge in [-0.05, 0) is 0 Å². The molecular formula is C7H10N6S. The zero-order chi connectivity index (χ0) is 9.97. The van der Waals surface area contributed by atoms with Gasteiger partial charge in [0, 0.05) is 12.4 Å². The van der Waals surface area contributed by atoms with Crippen LogP contribution in [0.3, 0.4) is 0 Å². The van der Waals surface area contributed by atoms with Gasteiger partial charge in [0.25, 0.3) is 0 Å². The van der Waals surface area contributed by atoms with Crippen LogP contribution in [0, 0.1) is 0 Å². The number of hydrogen-bond donors (Lipinski definition) is 2. The van der Waals surface area contributed by atoms with E-state index in [-0.39, 0.29) is 0 Å². The van der Waals surface area contributed by atoms with Crippen LogP contribution in [0.4, 0.5) is 11.9 Å². The Balaban J connectivity index is 2.06. The lowest BCUT2D eigenvalue weighted by atomic mass is 10.4. The summed E-state index contributed by atoms with van der Waals surface area (Å²) in [5.41, 5.74) is 8.22. The average molecular weight is 210 g/mol. The number of nitrogens with two attached hydrogens (primary N) is 1. The fourth-order valence-corrected chi connectivity index (χ4v) is 1.61. The highest BCUT2D eigenvalue weighted by Crippen LogP contribution is 2.10. The van der Waals surface area contributed by atoms with E-state index in [2.05, 4.69) is 20.2 Å². The predicted octanol–water partition coefficient (Wildman–Crippen LogP) is 0.480. The number of aromatic amines is 1. The van der Waals surface area contributed by atoms with Crippen molar-refractivity contribution in [1.82, 2.24) is 20.2 Å². The van der Waals surface area contributed by atoms with Gasteiger partial charge >= 0.3 is 0 Å². The number of nitrogen functional groups attached to an aromatic ring is 1. The van der Waals surface area contributed by atoms with Crippen molar-refractivity contribution in [2.24, 2.45) is 0 Å². The van der Waals surface area contributed by atoms with E-state index in [1.54, 1.807) is 16.8 Å². The summed E-state index contributed by atoms with van der Waals surface area (Å²) >= 11 is 1.57. The van der Waals surface area contributed by atoms with Crippen LogP contribution in [-0.4, -0.2) is 27.2 Å². The van der Waals surface area contributed by atoms with Crippen LogP contribution in [0.5, 0.6) is 0 Å². The normalized spacial score (nSPS) is 10.4. The van der Waals surface area contributed by atoms with Crippen molar-refractivity contribution in [2.45, 2.75) is 6.54 Å². The Morgan fingerprint density at radius 1 is 1.64 bits per heavy atom. The molecule has 0 saturated heterocycles. The molecule has 0 bridgehead atoms. The van der Waals surface area contributed by atoms with Gasteiger partial charge in [0.1, 0.15) is 0 Å². The zero-order valence-corrected chi connectivity index (χ0v) is 8.45. The summed E-state index contributed by atoms with van der Waals surface area (Å²) < 4.78 is 0. The van der Waals surface area contributed by atoms with Gasteiger partial charge in [-0.1, -0.05) is 0 Å². The highest BCUT2D eigenvalue weighted by Gasteiger charge is 2.07. The molecule has 2 aromatic heterocycles. The second-order valence-corrected chi connectivity index (χ2v) is 3.58. The Labute approximate surface area is 84.8 Å². The molecule has 0 atom stereocenters. The minimum absolute atomic E-state index is 0.324. The molecule has 2 heterocycles. The maximum atomic E-state index is 5.42. The predicted molar refractivity (Wildman–Crippen MR) is 55.0 cm³/mol. The van der Waals surface area contributed by atoms with E-state index in [9.17, 15) is 0 Å². The van der Waals surface area contributed by atoms with Crippen molar-refractivity contribution in [2.75, 3.05) is 17.7 Å². The summed E-state index contributed by atoms with van der Waals surface area (Å²) in [6.45, 7) is 0.681. The lowest BCUT2D eigenvalue weighted by Crippen LogP contribution is -2.17. The second kappa shape index (κ2) is 3.62. The first-order chi connectivity index (χ1) is 6.75. The van der Waals surface area contributed by atoms with Crippen molar-refractivity contribution >= 4 is 23.2 Å². The molecule has 14 heavy (non-hydrogen) atoms. The molecule has 0 fully saturated rings. The second-order valence-electron chi connectivity index (χ2n) is 2.86. The monoisotopic (exact) mass is 210 g/mol. The van der Waals surface area contributed by atoms with Gasteiger partial charge in [-0.3, -0.25) is 0 Å². The molecule has 0 aliphatic rings. The lowest BCUT2D eigenvalue weighted by Gasteiger charge is -2.11. The summed E-state index contributed by atoms with van der Waals surface area (Å²) in [5, 5.41) is 8.52. The molecule has 0 aliphatic carbocycles. The van der Waals surface area contributed by atoms with Crippen molar-refractivity contribution < 1.29 is 0 Å². The smallest absolute Gasteiger partial charge is 0.246 e. The molecule has 0 aliphatic heterocycles. The molecular weight excluding hydrogens is 200 g/mol. The van der Waals surface area contributed by atoms with E-state index < -0.39 is 0 Å². The van der Waals surface area contributed by atoms with Crippen molar-refractivity contribution in [3.05, 3.63) is 16.6 Å². The molecule has 0 aromatic carbocycles. The topological polar surface area (TPSA) is 83.7 Å². The number of thiazole rings is 1. The molecule has 0 spiro atoms. The van der Waals surface area contributed by atoms with Gasteiger partial charge in [-0.2, -0.15) is 4.98 Å². The van der Waals surface area contributed by atoms with E-state index in [1.165, 1.54) is 0 Å². The van der Waals surface area contributed by atoms with Crippen LogP contribution < -0.4 is 10.6 Å². The number of aromatic nitrogens is 4. The van der Waals surface area contributed by atoms with Gasteiger partial charge in [0.15, 0.2) is 0 Å². The molecule has 0 amide bonds. The van der Waals surface area contributed by atoms with E-state index in [4.69, 9.17) is 5.73 Å². The van der Waals surface area contributed by atoms with Crippen LogP contribution in [0.25, 0.3) is 0 Å². The lowest BCUT2D eigenvalue weighted by molar-refractivity contribution is 0.851. The van der Waals surface area contributed by atoms with Gasteiger partial charge < -0.3 is 10.6 Å². The van der Waals surface area contributed by atoms with Crippen molar-refractivity contribution in [3.63, 3.8) is 0 Å². The summed E-state index contributed by atoms with van der Waals surface area (Å²) in [4.78, 5) is 10.0. The van der Waals surface area contributed by atoms with Crippen molar-refractivity contribution in [1.29, 1.82) is 0 Å². The fourth-order valence-electron chi connectivity index (χ4n) is 1.07. The molecule has 6 nitrogen and oxygen atoms in total. The first-order valence-corrected chi connectivity index (χ1v) is 4.96. The van der Waals surface area contributed by atoms with Gasteiger partial charge in [0.05, 0.1) is 17.7 Å². The Bertz CT molecular complexity index is 394. The standard InChI is InChI=1S/C7H10N6S/c1-13(2-5-3-14-4-9-5)7-10-6(8)11-12-7/h3-4H,2H2,1H3,(H3,8,10,11,12). The molecule has 0 unspecified atom stereocenters. The summed E-state index contributed by atoms with van der Waals surface area (Å²) in [5.74, 6) is 0.903. The number of nitrogens with zero attached hydrogens (tertiary/aromatic N) is 4. The Hall–Kier alpha value is -1.63. The minimum atomic E-state index is 0.324. The van der Waals surface area contributed by atoms with Crippen LogP contribution in [0.15, 0.2) is 10.9 Å². The largest absolute Gasteiger partial charge is 0.368 e. The highest BCUT2D eigenvalue weighted by molar-refractivity contribution is 7.07. The van der Waals surface area contributed by atoms with Gasteiger partial charge in [0.2, 0.25) is 11.9 Å². The zero-order valence-electron chi connectivity index (χ0n) is 7.64. The van der Waals surface area contributed by atoms with Crippen LogP contribution >= 0.6 is 11.3 Å². The molecule has 3 N–H and O–H groups in total. The van der Waals surface area contributed by atoms with E-state index in [0.717, 1.165) is 5.69 Å². The Morgan fingerprint density at radius 3 is 3.07 bits per heavy atom. The molecule has 7 heteroatoms. The van der Waals surface area contributed by atoms with Crippen LogP contribution in [0.1, 0.15) is 5.69 Å². The number of hydrogen-bond acceptors (Lipinski definition) is 6. The quantitative estimate of drug-likeness (QED) is 0.769. The molecule has 2 rings (SSSR count). The van der Waals surface area contributed by atoms with Crippen LogP contribution in [0.2, 0.25) is 0 Å². The Morgan fingerprint density at radius 2 is 2.50 bits per heavy atom. The maximum absolute atomic E-state index is 5.42. The number of H-pyrrole nitrogens is 1. The summed E-state index contributed by atoms with van der Waals surface area (Å²) in [6.07, 6.45) is 0. The highest BCUT2D eigenvalue weighted by atomic mass is 32.1. The first kappa shape index (κ1) is 8.95. The van der Waals surface area contributed by atoms with E-state index in [1.807, 2.05) is 17.3 Å². The van der Waals surface area contributed by atoms with Crippen molar-refractivity contribution in [3.8, 4) is 0 Å². The maximum Gasteiger partial charge on any atom is 0.246 e. The average Bonchev–Trinajstić information content (AvgIpc) is 2.75. The molecule has 0 radical (unpaired) electrons. The fraction of sp³-hybridized carbons (Fsp3) is 0.286. The number of anilines is 2. The number of rotatable bonds is 3. The SMILES string of the molecule is CN(Cc1cscn1)c1n[nH]c(N)n1. The Kier molecular flexibility index (Phi) is 2.32. The van der Waals surface area contributed by atoms with E-state index in [0.29, 0.717) is 18.4 Å². The van der Waals surface area contributed by atoms with Gasteiger partial charge in [-0.25, -0.2) is 10.1 Å². The third kappa shape index (κ3) is 1.82. The third-order valence-corrected chi connectivity index (χ3v) is 2.35. The third-order valence-electron chi connectivity index (χ3n) is 1.71. The first-order valence-electron chi connectivity index (χ1n) is 4.02. The minimum Gasteiger partial charge on any atom is -0.368 e. The summed E-state index contributed by atoms with van der Waals surface area (Å²) in [7, 11) is 1.89. The van der Waals surface area contributed by atoms with Crippen LogP contribution in [-0.2, 0) is 6.54 Å². The van der Waals surface area contributed by atoms with Gasteiger partial charge in [-0.15, -0.1) is 16.4 Å². The molecule has 2 aromatic rings.